The normalized spacial score (nSPS) is 18.5. The molecule has 2 N–H and O–H groups in total. The van der Waals surface area contributed by atoms with Gasteiger partial charge in [0.1, 0.15) is 34.4 Å². The molecule has 2 aliphatic heterocycles. The molecule has 5 aromatic carbocycles. The summed E-state index contributed by atoms with van der Waals surface area (Å²) in [4.78, 5) is 74.7. The van der Waals surface area contributed by atoms with Gasteiger partial charge in [-0.05, 0) is 139 Å². The van der Waals surface area contributed by atoms with Gasteiger partial charge in [0.05, 0.1) is 19.0 Å². The van der Waals surface area contributed by atoms with Gasteiger partial charge in [-0.3, -0.25) is 19.3 Å². The van der Waals surface area contributed by atoms with Crippen molar-refractivity contribution in [3.8, 4) is 28.4 Å². The number of benzene rings is 5. The predicted molar refractivity (Wildman–Crippen MR) is 267 cm³/mol. The van der Waals surface area contributed by atoms with Gasteiger partial charge < -0.3 is 29.5 Å². The summed E-state index contributed by atoms with van der Waals surface area (Å²) >= 11 is 0. The highest BCUT2D eigenvalue weighted by Gasteiger charge is 2.49. The van der Waals surface area contributed by atoms with Crippen LogP contribution in [-0.2, 0) is 53.5 Å². The minimum absolute atomic E-state index is 0.0109. The number of nitrogens with one attached hydrogen (secondary N) is 1. The van der Waals surface area contributed by atoms with E-state index in [4.69, 9.17) is 14.2 Å². The second-order valence-corrected chi connectivity index (χ2v) is 21.3. The van der Waals surface area contributed by atoms with Gasteiger partial charge in [-0.25, -0.2) is 9.59 Å². The number of phenols is 1. The SMILES string of the molecule is CC(C)(C)OC(=O)N1Cc2ccc(O)cc2CC1(C)C(=O)OC(=O)CC(NC(=O)C1c2ccc(Oc3ccc(C(C)(C)C)cc3)cc2CCN1C(=O)CC1CCCC1)c1ccc(-c2ccccc2)cc1. The molecular formula is C58H65N3O9. The molecule has 8 rings (SSSR count). The lowest BCUT2D eigenvalue weighted by molar-refractivity contribution is -0.169. The van der Waals surface area contributed by atoms with Crippen molar-refractivity contribution in [1.29, 1.82) is 0 Å². The van der Waals surface area contributed by atoms with E-state index in [1.807, 2.05) is 84.9 Å². The molecule has 3 aliphatic rings. The van der Waals surface area contributed by atoms with Gasteiger partial charge in [0, 0.05) is 19.4 Å². The summed E-state index contributed by atoms with van der Waals surface area (Å²) in [5.74, 6) is -1.00. The van der Waals surface area contributed by atoms with E-state index >= 15 is 4.79 Å². The number of phenolic OH excluding ortho intramolecular Hbond substituents is 1. The maximum absolute atomic E-state index is 15.1. The van der Waals surface area contributed by atoms with Gasteiger partial charge in [0.15, 0.2) is 0 Å². The van der Waals surface area contributed by atoms with Crippen molar-refractivity contribution in [3.05, 3.63) is 149 Å². The molecule has 3 atom stereocenters. The molecule has 70 heavy (non-hydrogen) atoms. The maximum atomic E-state index is 15.1. The quantitative estimate of drug-likeness (QED) is 0.0973. The number of hydrogen-bond donors (Lipinski definition) is 2. The third kappa shape index (κ3) is 11.4. The number of amides is 3. The second kappa shape index (κ2) is 20.2. The van der Waals surface area contributed by atoms with Crippen LogP contribution in [0, 0.1) is 5.92 Å². The van der Waals surface area contributed by atoms with Crippen LogP contribution < -0.4 is 10.1 Å². The van der Waals surface area contributed by atoms with Crippen LogP contribution >= 0.6 is 0 Å². The molecule has 0 bridgehead atoms. The second-order valence-electron chi connectivity index (χ2n) is 21.3. The van der Waals surface area contributed by atoms with E-state index < -0.39 is 53.6 Å². The zero-order chi connectivity index (χ0) is 50.0. The first-order chi connectivity index (χ1) is 33.2. The number of esters is 2. The monoisotopic (exact) mass is 947 g/mol. The molecule has 5 aromatic rings. The van der Waals surface area contributed by atoms with E-state index in [1.165, 1.54) is 29.5 Å². The number of hydrogen-bond acceptors (Lipinski definition) is 9. The van der Waals surface area contributed by atoms with Crippen molar-refractivity contribution in [3.63, 3.8) is 0 Å². The van der Waals surface area contributed by atoms with E-state index in [2.05, 4.69) is 38.2 Å². The van der Waals surface area contributed by atoms with Crippen molar-refractivity contribution < 1.29 is 43.3 Å². The van der Waals surface area contributed by atoms with Gasteiger partial charge in [0.25, 0.3) is 0 Å². The van der Waals surface area contributed by atoms with Crippen LogP contribution in [0.5, 0.6) is 17.2 Å². The summed E-state index contributed by atoms with van der Waals surface area (Å²) in [6.07, 6.45) is 3.64. The van der Waals surface area contributed by atoms with Gasteiger partial charge >= 0.3 is 18.0 Å². The molecule has 0 spiro atoms. The number of rotatable bonds is 11. The van der Waals surface area contributed by atoms with Crippen molar-refractivity contribution in [2.75, 3.05) is 6.54 Å². The molecule has 12 heteroatoms. The summed E-state index contributed by atoms with van der Waals surface area (Å²) in [5.41, 5.74) is 3.89. The predicted octanol–water partition coefficient (Wildman–Crippen LogP) is 11.2. The smallest absolute Gasteiger partial charge is 0.411 e. The number of carbonyl (C=O) groups is 5. The van der Waals surface area contributed by atoms with Gasteiger partial charge in [-0.2, -0.15) is 0 Å². The van der Waals surface area contributed by atoms with Crippen molar-refractivity contribution in [2.24, 2.45) is 5.92 Å². The average molecular weight is 948 g/mol. The number of fused-ring (bicyclic) bond motifs is 2. The molecule has 1 saturated carbocycles. The Hall–Kier alpha value is -6.95. The zero-order valence-electron chi connectivity index (χ0n) is 41.4. The van der Waals surface area contributed by atoms with E-state index in [0.29, 0.717) is 53.1 Å². The number of aromatic hydroxyl groups is 1. The Balaban J connectivity index is 1.09. The number of nitrogens with zero attached hydrogens (tertiary/aromatic N) is 2. The first-order valence-corrected chi connectivity index (χ1v) is 24.5. The molecule has 2 heterocycles. The average Bonchev–Trinajstić information content (AvgIpc) is 3.83. The van der Waals surface area contributed by atoms with Crippen molar-refractivity contribution >= 4 is 29.8 Å². The summed E-state index contributed by atoms with van der Waals surface area (Å²) in [7, 11) is 0. The van der Waals surface area contributed by atoms with Crippen molar-refractivity contribution in [2.45, 2.75) is 135 Å². The third-order valence-electron chi connectivity index (χ3n) is 13.8. The molecule has 0 aromatic heterocycles. The Morgan fingerprint density at radius 1 is 0.771 bits per heavy atom. The zero-order valence-corrected chi connectivity index (χ0v) is 41.4. The minimum Gasteiger partial charge on any atom is -0.508 e. The van der Waals surface area contributed by atoms with Gasteiger partial charge in [-0.1, -0.05) is 112 Å². The lowest BCUT2D eigenvalue weighted by Gasteiger charge is -2.43. The summed E-state index contributed by atoms with van der Waals surface area (Å²) in [5, 5.41) is 13.5. The molecule has 0 saturated heterocycles. The highest BCUT2D eigenvalue weighted by Crippen LogP contribution is 2.39. The topological polar surface area (TPSA) is 152 Å². The Morgan fingerprint density at radius 3 is 2.11 bits per heavy atom. The largest absolute Gasteiger partial charge is 0.508 e. The first-order valence-electron chi connectivity index (χ1n) is 24.5. The van der Waals surface area contributed by atoms with E-state index in [0.717, 1.165) is 42.4 Å². The van der Waals surface area contributed by atoms with Crippen LogP contribution in [0.3, 0.4) is 0 Å². The third-order valence-corrected chi connectivity index (χ3v) is 13.8. The van der Waals surface area contributed by atoms with Crippen molar-refractivity contribution in [1.82, 2.24) is 15.1 Å². The Bertz CT molecular complexity index is 2730. The summed E-state index contributed by atoms with van der Waals surface area (Å²) < 4.78 is 17.7. The molecule has 1 fully saturated rings. The lowest BCUT2D eigenvalue weighted by atomic mass is 9.84. The molecule has 1 aliphatic carbocycles. The van der Waals surface area contributed by atoms with E-state index in [1.54, 1.807) is 31.7 Å². The van der Waals surface area contributed by atoms with Crippen LogP contribution in [0.1, 0.15) is 132 Å². The molecule has 0 radical (unpaired) electrons. The lowest BCUT2D eigenvalue weighted by Crippen LogP contribution is -2.60. The number of carbonyl (C=O) groups excluding carboxylic acids is 5. The first kappa shape index (κ1) is 49.5. The van der Waals surface area contributed by atoms with Crippen LogP contribution in [0.2, 0.25) is 0 Å². The summed E-state index contributed by atoms with van der Waals surface area (Å²) in [6.45, 7) is 13.4. The fraction of sp³-hybridized carbons (Fsp3) is 0.397. The molecule has 3 unspecified atom stereocenters. The fourth-order valence-electron chi connectivity index (χ4n) is 9.93. The molecule has 12 nitrogen and oxygen atoms in total. The molecule has 3 amide bonds. The fourth-order valence-corrected chi connectivity index (χ4v) is 9.93. The van der Waals surface area contributed by atoms with Crippen LogP contribution in [0.25, 0.3) is 11.1 Å². The van der Waals surface area contributed by atoms with Gasteiger partial charge in [-0.15, -0.1) is 0 Å². The standard InChI is InChI=1S/C58H65N3O9/c1-56(2,3)44-22-25-46(26-23-44)68-47-27-28-48-41(33-47)29-30-60(50(63)31-37-13-11-12-14-37)52(48)53(65)59-49(40-19-17-39(18-20-40)38-15-9-8-10-16-38)34-51(64)69-54(66)58(7)35-43-32-45(62)24-21-42(43)36-61(58)55(67)70-57(4,5)6/h8-10,15-28,32-33,37,49,52,62H,11-14,29-31,34-36H2,1-7H3,(H,59,65). The molecule has 366 valence electrons. The Kier molecular flexibility index (Phi) is 14.3. The summed E-state index contributed by atoms with van der Waals surface area (Å²) in [6, 6.07) is 33.5. The van der Waals surface area contributed by atoms with Crippen LogP contribution in [-0.4, -0.2) is 62.4 Å². The van der Waals surface area contributed by atoms with E-state index in [9.17, 15) is 24.3 Å². The van der Waals surface area contributed by atoms with E-state index in [-0.39, 0.29) is 36.0 Å². The Morgan fingerprint density at radius 2 is 1.44 bits per heavy atom. The Labute approximate surface area is 411 Å². The highest BCUT2D eigenvalue weighted by atomic mass is 16.6. The number of ether oxygens (including phenoxy) is 3. The van der Waals surface area contributed by atoms with Crippen LogP contribution in [0.15, 0.2) is 115 Å². The highest BCUT2D eigenvalue weighted by molar-refractivity contribution is 5.95. The molecular weight excluding hydrogens is 883 g/mol. The minimum atomic E-state index is -1.71. The van der Waals surface area contributed by atoms with Crippen LogP contribution in [0.4, 0.5) is 4.79 Å². The maximum Gasteiger partial charge on any atom is 0.411 e. The van der Waals surface area contributed by atoms with Gasteiger partial charge in [0.2, 0.25) is 11.8 Å².